The highest BCUT2D eigenvalue weighted by atomic mass is 19.1. The lowest BCUT2D eigenvalue weighted by molar-refractivity contribution is 0.0932. The molecule has 0 bridgehead atoms. The number of aliphatic hydroxyl groups is 1. The van der Waals surface area contributed by atoms with Gasteiger partial charge in [0, 0.05) is 11.6 Å². The molecule has 0 fully saturated rings. The molecule has 1 amide bonds. The molecule has 0 aliphatic carbocycles. The molecule has 5 heteroatoms. The molecule has 0 heterocycles. The number of rotatable bonds is 5. The molecule has 1 aromatic rings. The first-order valence-corrected chi connectivity index (χ1v) is 6.79. The summed E-state index contributed by atoms with van der Waals surface area (Å²) in [5.41, 5.74) is 0.466. The second-order valence-electron chi connectivity index (χ2n) is 5.12. The van der Waals surface area contributed by atoms with Crippen molar-refractivity contribution in [1.82, 2.24) is 10.2 Å². The van der Waals surface area contributed by atoms with Crippen LogP contribution in [0.15, 0.2) is 18.2 Å². The molecule has 0 saturated heterocycles. The minimum atomic E-state index is -0.582. The molecule has 0 aromatic heterocycles. The zero-order valence-corrected chi connectivity index (χ0v) is 12.6. The molecule has 2 N–H and O–H groups in total. The van der Waals surface area contributed by atoms with E-state index in [0.717, 1.165) is 13.0 Å². The van der Waals surface area contributed by atoms with Crippen LogP contribution in [0, 0.1) is 17.7 Å². The second-order valence-corrected chi connectivity index (χ2v) is 5.12. The van der Waals surface area contributed by atoms with E-state index in [4.69, 9.17) is 5.11 Å². The highest BCUT2D eigenvalue weighted by Crippen LogP contribution is 2.10. The Bertz CT molecular complexity index is 547. The minimum Gasteiger partial charge on any atom is -0.384 e. The Balaban J connectivity index is 2.77. The molecule has 0 saturated carbocycles. The fraction of sp³-hybridized carbons (Fsp3) is 0.438. The van der Waals surface area contributed by atoms with Crippen molar-refractivity contribution >= 4 is 5.91 Å². The van der Waals surface area contributed by atoms with Crippen LogP contribution in [0.2, 0.25) is 0 Å². The van der Waals surface area contributed by atoms with Gasteiger partial charge in [0.25, 0.3) is 5.91 Å². The average Bonchev–Trinajstić information content (AvgIpc) is 2.44. The van der Waals surface area contributed by atoms with Crippen LogP contribution in [0.5, 0.6) is 0 Å². The summed E-state index contributed by atoms with van der Waals surface area (Å²) in [6, 6.07) is 4.03. The van der Waals surface area contributed by atoms with Crippen molar-refractivity contribution in [3.63, 3.8) is 0 Å². The summed E-state index contributed by atoms with van der Waals surface area (Å²) in [6.45, 7) is 2.45. The zero-order valence-electron chi connectivity index (χ0n) is 12.6. The van der Waals surface area contributed by atoms with Gasteiger partial charge < -0.3 is 15.3 Å². The van der Waals surface area contributed by atoms with E-state index in [9.17, 15) is 9.18 Å². The monoisotopic (exact) mass is 292 g/mol. The van der Waals surface area contributed by atoms with Gasteiger partial charge in [0.2, 0.25) is 0 Å². The maximum Gasteiger partial charge on any atom is 0.254 e. The fourth-order valence-corrected chi connectivity index (χ4v) is 1.74. The van der Waals surface area contributed by atoms with E-state index in [-0.39, 0.29) is 18.2 Å². The molecule has 0 radical (unpaired) electrons. The van der Waals surface area contributed by atoms with Crippen molar-refractivity contribution in [1.29, 1.82) is 0 Å². The molecule has 1 unspecified atom stereocenters. The summed E-state index contributed by atoms with van der Waals surface area (Å²) in [7, 11) is 3.91. The summed E-state index contributed by atoms with van der Waals surface area (Å²) in [6.07, 6.45) is 0.782. The lowest BCUT2D eigenvalue weighted by Gasteiger charge is -2.17. The van der Waals surface area contributed by atoms with Gasteiger partial charge in [-0.3, -0.25) is 4.79 Å². The smallest absolute Gasteiger partial charge is 0.254 e. The first kappa shape index (κ1) is 17.2. The summed E-state index contributed by atoms with van der Waals surface area (Å²) in [5, 5.41) is 11.4. The topological polar surface area (TPSA) is 52.6 Å². The number of hydrogen-bond acceptors (Lipinski definition) is 3. The minimum absolute atomic E-state index is 0.0311. The third-order valence-corrected chi connectivity index (χ3v) is 2.91. The molecule has 1 aromatic carbocycles. The Hall–Kier alpha value is -1.90. The van der Waals surface area contributed by atoms with Gasteiger partial charge in [0.15, 0.2) is 0 Å². The Morgan fingerprint density at radius 2 is 2.19 bits per heavy atom. The lowest BCUT2D eigenvalue weighted by Crippen LogP contribution is -2.35. The molecule has 1 atom stereocenters. The highest BCUT2D eigenvalue weighted by Gasteiger charge is 2.14. The Kier molecular flexibility index (Phi) is 6.86. The number of hydrogen-bond donors (Lipinski definition) is 2. The number of benzene rings is 1. The predicted molar refractivity (Wildman–Crippen MR) is 80.5 cm³/mol. The van der Waals surface area contributed by atoms with Gasteiger partial charge in [-0.15, -0.1) is 0 Å². The van der Waals surface area contributed by atoms with Gasteiger partial charge in [-0.25, -0.2) is 4.39 Å². The number of carbonyl (C=O) groups is 1. The highest BCUT2D eigenvalue weighted by molar-refractivity contribution is 5.95. The van der Waals surface area contributed by atoms with Crippen LogP contribution in [-0.4, -0.2) is 49.2 Å². The van der Waals surface area contributed by atoms with Gasteiger partial charge >= 0.3 is 0 Å². The van der Waals surface area contributed by atoms with Gasteiger partial charge in [-0.1, -0.05) is 11.8 Å². The van der Waals surface area contributed by atoms with E-state index in [1.165, 1.54) is 18.2 Å². The summed E-state index contributed by atoms with van der Waals surface area (Å²) < 4.78 is 13.7. The number of aliphatic hydroxyl groups excluding tert-OH is 1. The summed E-state index contributed by atoms with van der Waals surface area (Å²) in [4.78, 5) is 14.1. The number of nitrogens with one attached hydrogen (secondary N) is 1. The maximum atomic E-state index is 13.7. The Morgan fingerprint density at radius 1 is 1.48 bits per heavy atom. The molecule has 0 aliphatic rings. The predicted octanol–water partition coefficient (Wildman–Crippen LogP) is 1.24. The molecule has 114 valence electrons. The molecular weight excluding hydrogens is 271 g/mol. The van der Waals surface area contributed by atoms with E-state index in [2.05, 4.69) is 17.2 Å². The van der Waals surface area contributed by atoms with E-state index in [1.54, 1.807) is 0 Å². The van der Waals surface area contributed by atoms with E-state index in [1.807, 2.05) is 25.9 Å². The summed E-state index contributed by atoms with van der Waals surface area (Å²) >= 11 is 0. The van der Waals surface area contributed by atoms with Crippen LogP contribution in [-0.2, 0) is 0 Å². The van der Waals surface area contributed by atoms with Crippen molar-refractivity contribution in [2.75, 3.05) is 27.2 Å². The summed E-state index contributed by atoms with van der Waals surface area (Å²) in [5.74, 6) is 4.09. The number of halogens is 1. The van der Waals surface area contributed by atoms with Crippen molar-refractivity contribution in [2.24, 2.45) is 0 Å². The molecule has 0 spiro atoms. The van der Waals surface area contributed by atoms with Crippen LogP contribution in [0.1, 0.15) is 29.3 Å². The van der Waals surface area contributed by atoms with Crippen molar-refractivity contribution in [3.05, 3.63) is 35.1 Å². The Morgan fingerprint density at radius 3 is 2.81 bits per heavy atom. The zero-order chi connectivity index (χ0) is 15.8. The van der Waals surface area contributed by atoms with Crippen LogP contribution in [0.25, 0.3) is 0 Å². The fourth-order valence-electron chi connectivity index (χ4n) is 1.74. The first-order chi connectivity index (χ1) is 9.93. The van der Waals surface area contributed by atoms with Crippen LogP contribution in [0.3, 0.4) is 0 Å². The van der Waals surface area contributed by atoms with Crippen molar-refractivity contribution in [3.8, 4) is 11.8 Å². The standard InChI is InChI=1S/C16H21FN2O2/c1-12(8-9-19(2)3)18-16(21)14-11-13(5-4-10-20)6-7-15(14)17/h6-7,11-12,20H,8-10H2,1-3H3,(H,18,21). The van der Waals surface area contributed by atoms with Crippen LogP contribution < -0.4 is 5.32 Å². The van der Waals surface area contributed by atoms with E-state index >= 15 is 0 Å². The van der Waals surface area contributed by atoms with Gasteiger partial charge in [-0.2, -0.15) is 0 Å². The van der Waals surface area contributed by atoms with Gasteiger partial charge in [0.05, 0.1) is 5.56 Å². The third-order valence-electron chi connectivity index (χ3n) is 2.91. The molecule has 4 nitrogen and oxygen atoms in total. The lowest BCUT2D eigenvalue weighted by atomic mass is 10.1. The van der Waals surface area contributed by atoms with Crippen LogP contribution in [0.4, 0.5) is 4.39 Å². The van der Waals surface area contributed by atoms with E-state index < -0.39 is 11.7 Å². The number of nitrogens with zero attached hydrogens (tertiary/aromatic N) is 1. The quantitative estimate of drug-likeness (QED) is 0.803. The number of amides is 1. The third kappa shape index (κ3) is 5.94. The van der Waals surface area contributed by atoms with Gasteiger partial charge in [-0.05, 0) is 52.2 Å². The Labute approximate surface area is 125 Å². The largest absolute Gasteiger partial charge is 0.384 e. The number of carbonyl (C=O) groups excluding carboxylic acids is 1. The van der Waals surface area contributed by atoms with E-state index in [0.29, 0.717) is 5.56 Å². The SMILES string of the molecule is CC(CCN(C)C)NC(=O)c1cc(C#CCO)ccc1F. The molecule has 1 rings (SSSR count). The van der Waals surface area contributed by atoms with Gasteiger partial charge in [0.1, 0.15) is 12.4 Å². The van der Waals surface area contributed by atoms with Crippen molar-refractivity contribution < 1.29 is 14.3 Å². The van der Waals surface area contributed by atoms with Crippen molar-refractivity contribution in [2.45, 2.75) is 19.4 Å². The first-order valence-electron chi connectivity index (χ1n) is 6.79. The maximum absolute atomic E-state index is 13.7. The van der Waals surface area contributed by atoms with Crippen LogP contribution >= 0.6 is 0 Å². The normalized spacial score (nSPS) is 11.7. The molecule has 0 aliphatic heterocycles. The molecule has 21 heavy (non-hydrogen) atoms. The molecular formula is C16H21FN2O2. The second kappa shape index (κ2) is 8.40. The average molecular weight is 292 g/mol.